The number of ether oxygens (including phenoxy) is 1. The van der Waals surface area contributed by atoms with Gasteiger partial charge in [-0.15, -0.1) is 0 Å². The average Bonchev–Trinajstić information content (AvgIpc) is 3.41. The quantitative estimate of drug-likeness (QED) is 0.701. The number of likely N-dealkylation sites (tertiary alicyclic amines) is 1. The minimum absolute atomic E-state index is 0.0441. The molecule has 7 nitrogen and oxygen atoms in total. The van der Waals surface area contributed by atoms with Crippen molar-refractivity contribution in [2.45, 2.75) is 45.1 Å². The Balaban J connectivity index is 1.23. The highest BCUT2D eigenvalue weighted by molar-refractivity contribution is 5.96. The molecule has 0 unspecified atom stereocenters. The summed E-state index contributed by atoms with van der Waals surface area (Å²) >= 11 is 0. The summed E-state index contributed by atoms with van der Waals surface area (Å²) in [5, 5.41) is 3.22. The Kier molecular flexibility index (Phi) is 7.09. The van der Waals surface area contributed by atoms with Gasteiger partial charge in [0, 0.05) is 32.4 Å². The molecule has 1 aromatic carbocycles. The van der Waals surface area contributed by atoms with Crippen LogP contribution in [0, 0.1) is 5.41 Å². The largest absolute Gasteiger partial charge is 0.492 e. The fraction of sp³-hybridized carbons (Fsp3) is 0.519. The summed E-state index contributed by atoms with van der Waals surface area (Å²) in [5.74, 6) is 1.49. The minimum atomic E-state index is -0.0441. The zero-order valence-corrected chi connectivity index (χ0v) is 19.9. The normalized spacial score (nSPS) is 22.2. The number of rotatable bonds is 3. The van der Waals surface area contributed by atoms with Crippen molar-refractivity contribution < 1.29 is 9.53 Å². The van der Waals surface area contributed by atoms with Crippen LogP contribution in [0.4, 0.5) is 5.95 Å². The van der Waals surface area contributed by atoms with E-state index in [9.17, 15) is 4.79 Å². The summed E-state index contributed by atoms with van der Waals surface area (Å²) in [7, 11) is 0. The lowest BCUT2D eigenvalue weighted by Gasteiger charge is -2.41. The van der Waals surface area contributed by atoms with Gasteiger partial charge in [0.15, 0.2) is 0 Å². The van der Waals surface area contributed by atoms with E-state index in [1.807, 2.05) is 36.5 Å². The second-order valence-electron chi connectivity index (χ2n) is 9.81. The maximum Gasteiger partial charge on any atom is 0.255 e. The summed E-state index contributed by atoms with van der Waals surface area (Å²) in [4.78, 5) is 27.1. The van der Waals surface area contributed by atoms with Gasteiger partial charge in [0.05, 0.1) is 17.9 Å². The van der Waals surface area contributed by atoms with Crippen LogP contribution < -0.4 is 15.0 Å². The van der Waals surface area contributed by atoms with Crippen LogP contribution in [0.1, 0.15) is 54.6 Å². The number of fused-ring (bicyclic) bond motifs is 1. The van der Waals surface area contributed by atoms with Crippen LogP contribution in [-0.2, 0) is 6.54 Å². The lowest BCUT2D eigenvalue weighted by atomic mass is 9.75. The average molecular weight is 462 g/mol. The van der Waals surface area contributed by atoms with Crippen LogP contribution in [0.5, 0.6) is 5.75 Å². The first-order valence-electron chi connectivity index (χ1n) is 12.7. The molecule has 7 heteroatoms. The van der Waals surface area contributed by atoms with Gasteiger partial charge in [-0.2, -0.15) is 0 Å². The van der Waals surface area contributed by atoms with Crippen LogP contribution in [-0.4, -0.2) is 60.1 Å². The highest BCUT2D eigenvalue weighted by Crippen LogP contribution is 2.36. The van der Waals surface area contributed by atoms with Gasteiger partial charge in [-0.05, 0) is 75.2 Å². The number of hydrogen-bond acceptors (Lipinski definition) is 6. The number of anilines is 1. The number of allylic oxidation sites excluding steroid dienone is 1. The first kappa shape index (κ1) is 22.8. The van der Waals surface area contributed by atoms with Crippen LogP contribution in [0.2, 0.25) is 0 Å². The predicted octanol–water partition coefficient (Wildman–Crippen LogP) is 3.82. The van der Waals surface area contributed by atoms with Crippen molar-refractivity contribution in [3.8, 4) is 5.75 Å². The van der Waals surface area contributed by atoms with Gasteiger partial charge in [0.1, 0.15) is 5.75 Å². The zero-order chi connectivity index (χ0) is 23.2. The molecule has 1 N–H and O–H groups in total. The highest BCUT2D eigenvalue weighted by atomic mass is 16.5. The fourth-order valence-electron chi connectivity index (χ4n) is 5.24. The van der Waals surface area contributed by atoms with Crippen molar-refractivity contribution in [2.75, 3.05) is 44.2 Å². The molecule has 2 aromatic rings. The summed E-state index contributed by atoms with van der Waals surface area (Å²) < 4.78 is 5.85. The molecule has 0 atom stereocenters. The molecule has 2 saturated heterocycles. The smallest absolute Gasteiger partial charge is 0.255 e. The van der Waals surface area contributed by atoms with Crippen LogP contribution in [0.3, 0.4) is 0 Å². The number of carbonyl (C=O) groups is 1. The van der Waals surface area contributed by atoms with Gasteiger partial charge in [-0.25, -0.2) is 9.97 Å². The number of amides is 1. The molecule has 2 fully saturated rings. The van der Waals surface area contributed by atoms with E-state index < -0.39 is 0 Å². The van der Waals surface area contributed by atoms with Gasteiger partial charge in [-0.1, -0.05) is 24.3 Å². The van der Waals surface area contributed by atoms with E-state index in [1.54, 1.807) is 0 Å². The number of para-hydroxylation sites is 1. The Morgan fingerprint density at radius 2 is 1.85 bits per heavy atom. The van der Waals surface area contributed by atoms with Gasteiger partial charge in [-0.3, -0.25) is 9.69 Å². The van der Waals surface area contributed by atoms with E-state index in [4.69, 9.17) is 9.72 Å². The first-order chi connectivity index (χ1) is 16.7. The number of carbonyl (C=O) groups excluding carboxylic acids is 1. The standard InChI is InChI=1S/C27H35N5O2/c33-25-23-8-2-3-9-24(23)34-19-7-1-4-11-27(21-29-25)12-17-31(18-13-27)20-22-10-14-28-26(30-22)32-15-5-6-16-32/h1-4,8-10,14H,5-7,11-13,15-21H2,(H,29,33)/b4-1+. The molecule has 0 aliphatic carbocycles. The van der Waals surface area contributed by atoms with Gasteiger partial charge in [0.2, 0.25) is 5.95 Å². The van der Waals surface area contributed by atoms with Crippen molar-refractivity contribution in [1.82, 2.24) is 20.2 Å². The van der Waals surface area contributed by atoms with E-state index in [-0.39, 0.29) is 11.3 Å². The molecule has 1 aromatic heterocycles. The topological polar surface area (TPSA) is 70.6 Å². The van der Waals surface area contributed by atoms with Gasteiger partial charge >= 0.3 is 0 Å². The van der Waals surface area contributed by atoms with Crippen LogP contribution in [0.25, 0.3) is 0 Å². The predicted molar refractivity (Wildman–Crippen MR) is 133 cm³/mol. The third kappa shape index (κ3) is 5.41. The maximum absolute atomic E-state index is 13.0. The number of aromatic nitrogens is 2. The van der Waals surface area contributed by atoms with Crippen molar-refractivity contribution in [3.05, 3.63) is 59.9 Å². The second kappa shape index (κ2) is 10.6. The Hall–Kier alpha value is -2.93. The van der Waals surface area contributed by atoms with E-state index in [0.717, 1.165) is 70.0 Å². The molecule has 4 heterocycles. The summed E-state index contributed by atoms with van der Waals surface area (Å²) in [5.41, 5.74) is 1.80. The SMILES string of the molecule is O=C1NCC2(C/C=C/CCOc3ccccc31)CCN(Cc1ccnc(N3CCCC3)n1)CC2. The molecule has 3 aliphatic rings. The van der Waals surface area contributed by atoms with E-state index >= 15 is 0 Å². The van der Waals surface area contributed by atoms with Gasteiger partial charge in [0.25, 0.3) is 5.91 Å². The third-order valence-corrected chi connectivity index (χ3v) is 7.41. The van der Waals surface area contributed by atoms with E-state index in [2.05, 4.69) is 32.3 Å². The van der Waals surface area contributed by atoms with Crippen molar-refractivity contribution in [3.63, 3.8) is 0 Å². The Labute approximate surface area is 202 Å². The molecule has 3 aliphatic heterocycles. The molecule has 0 bridgehead atoms. The van der Waals surface area contributed by atoms with Crippen molar-refractivity contribution in [2.24, 2.45) is 5.41 Å². The van der Waals surface area contributed by atoms with Crippen molar-refractivity contribution >= 4 is 11.9 Å². The van der Waals surface area contributed by atoms with Crippen LogP contribution >= 0.6 is 0 Å². The number of benzene rings is 1. The third-order valence-electron chi connectivity index (χ3n) is 7.41. The molecule has 1 spiro atoms. The summed E-state index contributed by atoms with van der Waals surface area (Å²) in [6.45, 7) is 6.26. The van der Waals surface area contributed by atoms with Gasteiger partial charge < -0.3 is 15.0 Å². The lowest BCUT2D eigenvalue weighted by molar-refractivity contribution is 0.0808. The number of hydrogen-bond donors (Lipinski definition) is 1. The highest BCUT2D eigenvalue weighted by Gasteiger charge is 2.34. The first-order valence-corrected chi connectivity index (χ1v) is 12.7. The molecular weight excluding hydrogens is 426 g/mol. The fourth-order valence-corrected chi connectivity index (χ4v) is 5.24. The van der Waals surface area contributed by atoms with Crippen LogP contribution in [0.15, 0.2) is 48.7 Å². The molecule has 0 radical (unpaired) electrons. The number of nitrogens with zero attached hydrogens (tertiary/aromatic N) is 4. The molecule has 34 heavy (non-hydrogen) atoms. The maximum atomic E-state index is 13.0. The summed E-state index contributed by atoms with van der Waals surface area (Å²) in [6.07, 6.45) is 12.8. The van der Waals surface area contributed by atoms with Crippen molar-refractivity contribution in [1.29, 1.82) is 0 Å². The van der Waals surface area contributed by atoms with E-state index in [1.165, 1.54) is 12.8 Å². The molecule has 0 saturated carbocycles. The number of nitrogens with one attached hydrogen (secondary N) is 1. The number of piperidine rings is 1. The zero-order valence-electron chi connectivity index (χ0n) is 19.9. The Morgan fingerprint density at radius 1 is 1.03 bits per heavy atom. The molecule has 1 amide bonds. The molecule has 180 valence electrons. The molecule has 5 rings (SSSR count). The lowest BCUT2D eigenvalue weighted by Crippen LogP contribution is -2.46. The molecular formula is C27H35N5O2. The Bertz CT molecular complexity index is 1010. The monoisotopic (exact) mass is 461 g/mol. The summed E-state index contributed by atoms with van der Waals surface area (Å²) in [6, 6.07) is 9.57. The minimum Gasteiger partial charge on any atom is -0.492 e. The Morgan fingerprint density at radius 3 is 2.71 bits per heavy atom. The second-order valence-corrected chi connectivity index (χ2v) is 9.81. The van der Waals surface area contributed by atoms with E-state index in [0.29, 0.717) is 24.5 Å².